The van der Waals surface area contributed by atoms with Gasteiger partial charge in [-0.05, 0) is 24.8 Å². The van der Waals surface area contributed by atoms with Gasteiger partial charge in [-0.15, -0.1) is 0 Å². The third-order valence-electron chi connectivity index (χ3n) is 3.45. The van der Waals surface area contributed by atoms with Gasteiger partial charge in [-0.2, -0.15) is 0 Å². The van der Waals surface area contributed by atoms with Crippen molar-refractivity contribution in [2.45, 2.75) is 31.2 Å². The zero-order chi connectivity index (χ0) is 15.5. The van der Waals surface area contributed by atoms with E-state index in [4.69, 9.17) is 9.84 Å². The summed E-state index contributed by atoms with van der Waals surface area (Å²) >= 11 is 0. The Balaban J connectivity index is 2.14. The van der Waals surface area contributed by atoms with E-state index >= 15 is 0 Å². The predicted octanol–water partition coefficient (Wildman–Crippen LogP) is 0.911. The highest BCUT2D eigenvalue weighted by atomic mass is 32.2. The fourth-order valence-electron chi connectivity index (χ4n) is 2.29. The summed E-state index contributed by atoms with van der Waals surface area (Å²) in [5.74, 6) is -0.953. The van der Waals surface area contributed by atoms with Crippen LogP contribution < -0.4 is 4.72 Å². The second-order valence-electron chi connectivity index (χ2n) is 5.14. The number of carboxylic acids is 1. The van der Waals surface area contributed by atoms with E-state index < -0.39 is 16.0 Å². The third kappa shape index (κ3) is 3.84. The Morgan fingerprint density at radius 1 is 1.57 bits per heavy atom. The maximum absolute atomic E-state index is 12.2. The van der Waals surface area contributed by atoms with Crippen LogP contribution in [-0.4, -0.2) is 43.8 Å². The Kier molecular flexibility index (Phi) is 5.02. The summed E-state index contributed by atoms with van der Waals surface area (Å²) in [7, 11) is -3.69. The molecule has 1 unspecified atom stereocenters. The quantitative estimate of drug-likeness (QED) is 0.779. The molecule has 2 heterocycles. The van der Waals surface area contributed by atoms with E-state index in [9.17, 15) is 13.2 Å². The standard InChI is InChI=1S/C13H20N2O5S/c1-2-4-15-8-11(6-12(15)13(16)17)21(18,19)14-7-10-3-5-20-9-10/h6,8,10,14H,2-5,7,9H2,1H3,(H,16,17). The molecular weight excluding hydrogens is 296 g/mol. The molecule has 0 spiro atoms. The maximum Gasteiger partial charge on any atom is 0.352 e. The molecule has 7 nitrogen and oxygen atoms in total. The van der Waals surface area contributed by atoms with E-state index in [1.54, 1.807) is 0 Å². The number of hydrogen-bond donors (Lipinski definition) is 2. The summed E-state index contributed by atoms with van der Waals surface area (Å²) in [4.78, 5) is 11.1. The molecule has 1 aliphatic heterocycles. The molecule has 8 heteroatoms. The smallest absolute Gasteiger partial charge is 0.352 e. The lowest BCUT2D eigenvalue weighted by molar-refractivity contribution is 0.0685. The number of nitrogens with one attached hydrogen (secondary N) is 1. The molecule has 1 saturated heterocycles. The minimum Gasteiger partial charge on any atom is -0.477 e. The van der Waals surface area contributed by atoms with Crippen molar-refractivity contribution in [2.24, 2.45) is 5.92 Å². The summed E-state index contributed by atoms with van der Waals surface area (Å²) < 4.78 is 33.6. The predicted molar refractivity (Wildman–Crippen MR) is 75.8 cm³/mol. The van der Waals surface area contributed by atoms with Crippen LogP contribution in [0.3, 0.4) is 0 Å². The van der Waals surface area contributed by atoms with Crippen LogP contribution in [-0.2, 0) is 21.3 Å². The molecule has 0 radical (unpaired) electrons. The van der Waals surface area contributed by atoms with Crippen molar-refractivity contribution < 1.29 is 23.1 Å². The molecule has 2 rings (SSSR count). The van der Waals surface area contributed by atoms with E-state index in [1.807, 2.05) is 6.92 Å². The van der Waals surface area contributed by atoms with Crippen molar-refractivity contribution in [1.82, 2.24) is 9.29 Å². The first-order valence-electron chi connectivity index (χ1n) is 6.95. The van der Waals surface area contributed by atoms with E-state index in [2.05, 4.69) is 4.72 Å². The molecule has 1 fully saturated rings. The van der Waals surface area contributed by atoms with E-state index in [-0.39, 0.29) is 16.5 Å². The molecule has 118 valence electrons. The molecule has 0 aromatic carbocycles. The molecular formula is C13H20N2O5S. The van der Waals surface area contributed by atoms with Gasteiger partial charge in [-0.3, -0.25) is 0 Å². The number of rotatable bonds is 7. The van der Waals surface area contributed by atoms with E-state index in [1.165, 1.54) is 16.8 Å². The van der Waals surface area contributed by atoms with Crippen molar-refractivity contribution in [2.75, 3.05) is 19.8 Å². The lowest BCUT2D eigenvalue weighted by Gasteiger charge is -2.09. The summed E-state index contributed by atoms with van der Waals surface area (Å²) in [5, 5.41) is 9.12. The number of nitrogens with zero attached hydrogens (tertiary/aromatic N) is 1. The second-order valence-corrected chi connectivity index (χ2v) is 6.91. The first-order chi connectivity index (χ1) is 9.94. The number of ether oxygens (including phenoxy) is 1. The van der Waals surface area contributed by atoms with E-state index in [0.29, 0.717) is 26.3 Å². The monoisotopic (exact) mass is 316 g/mol. The van der Waals surface area contributed by atoms with Gasteiger partial charge in [0, 0.05) is 25.9 Å². The average molecular weight is 316 g/mol. The number of aryl methyl sites for hydroxylation is 1. The van der Waals surface area contributed by atoms with Gasteiger partial charge >= 0.3 is 5.97 Å². The van der Waals surface area contributed by atoms with Crippen molar-refractivity contribution in [3.8, 4) is 0 Å². The molecule has 1 atom stereocenters. The fraction of sp³-hybridized carbons (Fsp3) is 0.615. The minimum absolute atomic E-state index is 0.00716. The maximum atomic E-state index is 12.2. The zero-order valence-electron chi connectivity index (χ0n) is 11.9. The van der Waals surface area contributed by atoms with Crippen LogP contribution in [0.2, 0.25) is 0 Å². The lowest BCUT2D eigenvalue weighted by Crippen LogP contribution is -2.29. The third-order valence-corrected chi connectivity index (χ3v) is 4.84. The van der Waals surface area contributed by atoms with Crippen molar-refractivity contribution in [3.63, 3.8) is 0 Å². The molecule has 1 aromatic heterocycles. The normalized spacial score (nSPS) is 19.0. The van der Waals surface area contributed by atoms with Gasteiger partial charge in [0.05, 0.1) is 6.61 Å². The Bertz CT molecular complexity index is 602. The van der Waals surface area contributed by atoms with Gasteiger partial charge in [0.25, 0.3) is 0 Å². The minimum atomic E-state index is -3.69. The largest absolute Gasteiger partial charge is 0.477 e. The highest BCUT2D eigenvalue weighted by Crippen LogP contribution is 2.17. The van der Waals surface area contributed by atoms with Crippen molar-refractivity contribution >= 4 is 16.0 Å². The first-order valence-corrected chi connectivity index (χ1v) is 8.43. The lowest BCUT2D eigenvalue weighted by atomic mass is 10.1. The Labute approximate surface area is 124 Å². The Morgan fingerprint density at radius 2 is 2.33 bits per heavy atom. The van der Waals surface area contributed by atoms with Gasteiger partial charge in [0.15, 0.2) is 0 Å². The molecule has 0 aliphatic carbocycles. The van der Waals surface area contributed by atoms with Crippen LogP contribution in [0, 0.1) is 5.92 Å². The second kappa shape index (κ2) is 6.59. The molecule has 1 aromatic rings. The van der Waals surface area contributed by atoms with Crippen LogP contribution in [0.1, 0.15) is 30.3 Å². The summed E-state index contributed by atoms with van der Waals surface area (Å²) in [6.07, 6.45) is 2.93. The van der Waals surface area contributed by atoms with Crippen LogP contribution in [0.15, 0.2) is 17.2 Å². The first kappa shape index (κ1) is 16.0. The van der Waals surface area contributed by atoms with Crippen LogP contribution in [0.5, 0.6) is 0 Å². The Morgan fingerprint density at radius 3 is 2.90 bits per heavy atom. The van der Waals surface area contributed by atoms with Gasteiger partial charge in [0.2, 0.25) is 10.0 Å². The summed E-state index contributed by atoms with van der Waals surface area (Å²) in [6, 6.07) is 1.20. The van der Waals surface area contributed by atoms with Crippen LogP contribution in [0.25, 0.3) is 0 Å². The molecule has 0 bridgehead atoms. The number of carboxylic acid groups (broad SMARTS) is 1. The van der Waals surface area contributed by atoms with Gasteiger partial charge in [0.1, 0.15) is 10.6 Å². The summed E-state index contributed by atoms with van der Waals surface area (Å²) in [5.41, 5.74) is -0.0126. The number of carbonyl (C=O) groups is 1. The molecule has 1 aliphatic rings. The van der Waals surface area contributed by atoms with Crippen LogP contribution in [0.4, 0.5) is 0 Å². The molecule has 0 saturated carbocycles. The van der Waals surface area contributed by atoms with Crippen molar-refractivity contribution in [3.05, 3.63) is 18.0 Å². The summed E-state index contributed by atoms with van der Waals surface area (Å²) in [6.45, 7) is 3.89. The number of aromatic carboxylic acids is 1. The fourth-order valence-corrected chi connectivity index (χ4v) is 3.45. The number of hydrogen-bond acceptors (Lipinski definition) is 4. The molecule has 2 N–H and O–H groups in total. The average Bonchev–Trinajstić information content (AvgIpc) is 3.06. The van der Waals surface area contributed by atoms with Gasteiger partial charge < -0.3 is 14.4 Å². The number of aromatic nitrogens is 1. The van der Waals surface area contributed by atoms with Gasteiger partial charge in [-0.25, -0.2) is 17.9 Å². The van der Waals surface area contributed by atoms with Crippen LogP contribution >= 0.6 is 0 Å². The molecule has 21 heavy (non-hydrogen) atoms. The highest BCUT2D eigenvalue weighted by Gasteiger charge is 2.23. The zero-order valence-corrected chi connectivity index (χ0v) is 12.7. The number of sulfonamides is 1. The highest BCUT2D eigenvalue weighted by molar-refractivity contribution is 7.89. The topological polar surface area (TPSA) is 97.6 Å². The molecule has 0 amide bonds. The Hall–Kier alpha value is -1.38. The SMILES string of the molecule is CCCn1cc(S(=O)(=O)NCC2CCOC2)cc1C(=O)O. The van der Waals surface area contributed by atoms with Crippen molar-refractivity contribution in [1.29, 1.82) is 0 Å². The van der Waals surface area contributed by atoms with Gasteiger partial charge in [-0.1, -0.05) is 6.92 Å². The van der Waals surface area contributed by atoms with E-state index in [0.717, 1.165) is 12.8 Å².